The lowest BCUT2D eigenvalue weighted by Gasteiger charge is -2.06. The molecule has 2 aromatic rings. The number of halogens is 1. The Labute approximate surface area is 132 Å². The van der Waals surface area contributed by atoms with Crippen molar-refractivity contribution in [2.24, 2.45) is 11.8 Å². The summed E-state index contributed by atoms with van der Waals surface area (Å²) in [6, 6.07) is 7.85. The highest BCUT2D eigenvalue weighted by atomic mass is 19.1. The summed E-state index contributed by atoms with van der Waals surface area (Å²) in [5, 5.41) is 8.94. The average Bonchev–Trinajstić information content (AvgIpc) is 3.23. The number of nitrogens with zero attached hydrogens (tertiary/aromatic N) is 1. The molecule has 0 radical (unpaired) electrons. The number of aryl methyl sites for hydroxylation is 1. The van der Waals surface area contributed by atoms with Crippen LogP contribution in [0.3, 0.4) is 0 Å². The van der Waals surface area contributed by atoms with Crippen molar-refractivity contribution in [3.8, 4) is 0 Å². The van der Waals surface area contributed by atoms with E-state index in [0.29, 0.717) is 23.6 Å². The van der Waals surface area contributed by atoms with Crippen LogP contribution in [0, 0.1) is 24.6 Å². The molecule has 1 aromatic heterocycles. The second-order valence-electron chi connectivity index (χ2n) is 5.57. The van der Waals surface area contributed by atoms with Gasteiger partial charge in [0.15, 0.2) is 5.82 Å². The van der Waals surface area contributed by atoms with E-state index >= 15 is 0 Å². The van der Waals surface area contributed by atoms with E-state index in [0.717, 1.165) is 0 Å². The van der Waals surface area contributed by atoms with E-state index in [1.54, 1.807) is 31.2 Å². The standard InChI is InChI=1S/C16H16FN3O3/c1-9-6-14(20-23-9)19-16(22)12-7-11(12)15(21)18-8-10-4-2-3-5-13(10)17/h2-6,11-12H,7-8H2,1H3,(H,18,21)(H,19,20,22). The number of hydrogen-bond donors (Lipinski definition) is 2. The van der Waals surface area contributed by atoms with Gasteiger partial charge in [-0.25, -0.2) is 4.39 Å². The second kappa shape index (κ2) is 6.20. The Morgan fingerprint density at radius 2 is 2.04 bits per heavy atom. The van der Waals surface area contributed by atoms with Crippen LogP contribution in [0.2, 0.25) is 0 Å². The Hall–Kier alpha value is -2.70. The number of anilines is 1. The minimum atomic E-state index is -0.382. The van der Waals surface area contributed by atoms with Gasteiger partial charge in [-0.3, -0.25) is 9.59 Å². The summed E-state index contributed by atoms with van der Waals surface area (Å²) in [5.74, 6) is -0.698. The zero-order valence-corrected chi connectivity index (χ0v) is 12.5. The molecule has 1 heterocycles. The molecule has 2 N–H and O–H groups in total. The Morgan fingerprint density at radius 1 is 1.30 bits per heavy atom. The Morgan fingerprint density at radius 3 is 2.74 bits per heavy atom. The monoisotopic (exact) mass is 317 g/mol. The van der Waals surface area contributed by atoms with Crippen molar-refractivity contribution in [2.75, 3.05) is 5.32 Å². The van der Waals surface area contributed by atoms with Gasteiger partial charge in [0.25, 0.3) is 0 Å². The maximum Gasteiger partial charge on any atom is 0.229 e. The van der Waals surface area contributed by atoms with Crippen molar-refractivity contribution < 1.29 is 18.5 Å². The molecule has 0 bridgehead atoms. The summed E-state index contributed by atoms with van der Waals surface area (Å²) >= 11 is 0. The molecule has 1 saturated carbocycles. The van der Waals surface area contributed by atoms with E-state index in [9.17, 15) is 14.0 Å². The SMILES string of the molecule is Cc1cc(NC(=O)C2CC2C(=O)NCc2ccccc2F)no1. The van der Waals surface area contributed by atoms with Crippen LogP contribution in [-0.4, -0.2) is 17.0 Å². The fourth-order valence-electron chi connectivity index (χ4n) is 2.37. The van der Waals surface area contributed by atoms with Crippen molar-refractivity contribution in [1.29, 1.82) is 0 Å². The number of carbonyl (C=O) groups excluding carboxylic acids is 2. The molecule has 1 aliphatic carbocycles. The normalized spacial score (nSPS) is 19.2. The molecule has 0 aliphatic heterocycles. The van der Waals surface area contributed by atoms with Gasteiger partial charge >= 0.3 is 0 Å². The van der Waals surface area contributed by atoms with Crippen molar-refractivity contribution in [3.05, 3.63) is 47.5 Å². The fraction of sp³-hybridized carbons (Fsp3) is 0.312. The van der Waals surface area contributed by atoms with Crippen molar-refractivity contribution in [2.45, 2.75) is 19.9 Å². The van der Waals surface area contributed by atoms with E-state index < -0.39 is 0 Å². The number of nitrogens with one attached hydrogen (secondary N) is 2. The first kappa shape index (κ1) is 15.2. The highest BCUT2D eigenvalue weighted by molar-refractivity contribution is 5.99. The van der Waals surface area contributed by atoms with Gasteiger partial charge < -0.3 is 15.2 Å². The fourth-order valence-corrected chi connectivity index (χ4v) is 2.37. The third kappa shape index (κ3) is 3.56. The van der Waals surface area contributed by atoms with E-state index in [2.05, 4.69) is 15.8 Å². The lowest BCUT2D eigenvalue weighted by molar-refractivity contribution is -0.125. The predicted molar refractivity (Wildman–Crippen MR) is 79.7 cm³/mol. The number of carbonyl (C=O) groups is 2. The molecule has 0 saturated heterocycles. The maximum atomic E-state index is 13.5. The second-order valence-corrected chi connectivity index (χ2v) is 5.57. The molecule has 2 amide bonds. The van der Waals surface area contributed by atoms with Gasteiger partial charge in [-0.1, -0.05) is 23.4 Å². The Balaban J connectivity index is 1.49. The summed E-state index contributed by atoms with van der Waals surface area (Å²) in [4.78, 5) is 24.0. The number of benzene rings is 1. The molecule has 6 nitrogen and oxygen atoms in total. The molecular weight excluding hydrogens is 301 g/mol. The summed E-state index contributed by atoms with van der Waals surface area (Å²) in [7, 11) is 0. The molecule has 3 rings (SSSR count). The van der Waals surface area contributed by atoms with E-state index in [-0.39, 0.29) is 36.0 Å². The zero-order valence-electron chi connectivity index (χ0n) is 12.5. The maximum absolute atomic E-state index is 13.5. The predicted octanol–water partition coefficient (Wildman–Crippen LogP) is 2.01. The molecule has 2 atom stereocenters. The molecule has 1 aromatic carbocycles. The van der Waals surface area contributed by atoms with E-state index in [4.69, 9.17) is 4.52 Å². The molecule has 1 aliphatic rings. The first-order chi connectivity index (χ1) is 11.0. The van der Waals surface area contributed by atoms with Crippen LogP contribution in [0.25, 0.3) is 0 Å². The summed E-state index contributed by atoms with van der Waals surface area (Å²) < 4.78 is 18.3. The molecule has 23 heavy (non-hydrogen) atoms. The van der Waals surface area contributed by atoms with Gasteiger partial charge in [0.05, 0.1) is 11.8 Å². The van der Waals surface area contributed by atoms with Crippen molar-refractivity contribution in [1.82, 2.24) is 10.5 Å². The van der Waals surface area contributed by atoms with Crippen molar-refractivity contribution in [3.63, 3.8) is 0 Å². The lowest BCUT2D eigenvalue weighted by Crippen LogP contribution is -2.27. The van der Waals surface area contributed by atoms with Crippen LogP contribution in [-0.2, 0) is 16.1 Å². The third-order valence-electron chi connectivity index (χ3n) is 3.75. The van der Waals surface area contributed by atoms with Gasteiger partial charge in [0.1, 0.15) is 11.6 Å². The van der Waals surface area contributed by atoms with Gasteiger partial charge in [-0.05, 0) is 19.4 Å². The average molecular weight is 317 g/mol. The first-order valence-electron chi connectivity index (χ1n) is 7.30. The Bertz CT molecular complexity index is 744. The van der Waals surface area contributed by atoms with Gasteiger partial charge in [-0.2, -0.15) is 0 Å². The molecule has 120 valence electrons. The van der Waals surface area contributed by atoms with Crippen molar-refractivity contribution >= 4 is 17.6 Å². The van der Waals surface area contributed by atoms with Crippen LogP contribution in [0.15, 0.2) is 34.9 Å². The van der Waals surface area contributed by atoms with Crippen LogP contribution >= 0.6 is 0 Å². The number of rotatable bonds is 5. The topological polar surface area (TPSA) is 84.2 Å². The number of aromatic nitrogens is 1. The molecule has 1 fully saturated rings. The summed E-state index contributed by atoms with van der Waals surface area (Å²) in [6.07, 6.45) is 0.478. The van der Waals surface area contributed by atoms with E-state index in [1.807, 2.05) is 0 Å². The molecular formula is C16H16FN3O3. The number of amides is 2. The van der Waals surface area contributed by atoms with Gasteiger partial charge in [-0.15, -0.1) is 0 Å². The molecule has 2 unspecified atom stereocenters. The highest BCUT2D eigenvalue weighted by Gasteiger charge is 2.48. The lowest BCUT2D eigenvalue weighted by atomic mass is 10.2. The minimum absolute atomic E-state index is 0.110. The minimum Gasteiger partial charge on any atom is -0.360 e. The van der Waals surface area contributed by atoms with Crippen LogP contribution in [0.5, 0.6) is 0 Å². The third-order valence-corrected chi connectivity index (χ3v) is 3.75. The summed E-state index contributed by atoms with van der Waals surface area (Å²) in [6.45, 7) is 1.83. The Kier molecular flexibility index (Phi) is 4.10. The van der Waals surface area contributed by atoms with Gasteiger partial charge in [0.2, 0.25) is 11.8 Å². The van der Waals surface area contributed by atoms with Gasteiger partial charge in [0, 0.05) is 18.2 Å². The molecule has 0 spiro atoms. The highest BCUT2D eigenvalue weighted by Crippen LogP contribution is 2.39. The summed E-state index contributed by atoms with van der Waals surface area (Å²) in [5.41, 5.74) is 0.417. The zero-order chi connectivity index (χ0) is 16.4. The quantitative estimate of drug-likeness (QED) is 0.883. The van der Waals surface area contributed by atoms with Crippen LogP contribution in [0.1, 0.15) is 17.7 Å². The van der Waals surface area contributed by atoms with Crippen LogP contribution < -0.4 is 10.6 Å². The largest absolute Gasteiger partial charge is 0.360 e. The molecule has 7 heteroatoms. The first-order valence-corrected chi connectivity index (χ1v) is 7.30. The smallest absolute Gasteiger partial charge is 0.229 e. The van der Waals surface area contributed by atoms with E-state index in [1.165, 1.54) is 6.07 Å². The van der Waals surface area contributed by atoms with Crippen LogP contribution in [0.4, 0.5) is 10.2 Å². The number of hydrogen-bond acceptors (Lipinski definition) is 4.